The van der Waals surface area contributed by atoms with E-state index < -0.39 is 6.23 Å². The van der Waals surface area contributed by atoms with Crippen LogP contribution in [0.15, 0.2) is 0 Å². The lowest BCUT2D eigenvalue weighted by atomic mass is 10.3. The van der Waals surface area contributed by atoms with E-state index in [9.17, 15) is 4.79 Å². The third-order valence-corrected chi connectivity index (χ3v) is 0.891. The molecule has 0 aromatic rings. The van der Waals surface area contributed by atoms with Gasteiger partial charge in [0.25, 0.3) is 0 Å². The van der Waals surface area contributed by atoms with Crippen LogP contribution in [0, 0.1) is 0 Å². The molecule has 0 aromatic carbocycles. The van der Waals surface area contributed by atoms with Crippen molar-refractivity contribution in [1.29, 1.82) is 0 Å². The van der Waals surface area contributed by atoms with E-state index >= 15 is 0 Å². The number of hydrogen-bond donors (Lipinski definition) is 1. The average molecular weight is 131 g/mol. The van der Waals surface area contributed by atoms with Crippen molar-refractivity contribution in [3.63, 3.8) is 0 Å². The number of carbonyl (C=O) groups is 1. The second kappa shape index (κ2) is 4.32. The molecular weight excluding hydrogens is 118 g/mol. The summed E-state index contributed by atoms with van der Waals surface area (Å²) in [6, 6.07) is 0. The highest BCUT2D eigenvalue weighted by Crippen LogP contribution is 1.94. The molecule has 0 amide bonds. The van der Waals surface area contributed by atoms with Gasteiger partial charge in [0.15, 0.2) is 6.23 Å². The van der Waals surface area contributed by atoms with Gasteiger partial charge < -0.3 is 4.74 Å². The fourth-order valence-electron chi connectivity index (χ4n) is 0.557. The second-order valence-corrected chi connectivity index (χ2v) is 1.94. The first kappa shape index (κ1) is 8.43. The van der Waals surface area contributed by atoms with Crippen LogP contribution >= 0.6 is 0 Å². The number of esters is 1. The Labute approximate surface area is 55.2 Å². The Bertz CT molecular complexity index is 93.1. The zero-order valence-electron chi connectivity index (χ0n) is 5.89. The molecule has 0 bridgehead atoms. The molecule has 0 fully saturated rings. The lowest BCUT2D eigenvalue weighted by Crippen LogP contribution is -2.25. The summed E-state index contributed by atoms with van der Waals surface area (Å²) in [4.78, 5) is 10.2. The van der Waals surface area contributed by atoms with Gasteiger partial charge in [-0.25, -0.2) is 0 Å². The van der Waals surface area contributed by atoms with Crippen LogP contribution in [0.1, 0.15) is 26.7 Å². The quantitative estimate of drug-likeness (QED) is 0.451. The van der Waals surface area contributed by atoms with E-state index in [2.05, 4.69) is 4.74 Å². The molecule has 2 N–H and O–H groups in total. The molecule has 54 valence electrons. The molecule has 0 saturated heterocycles. The van der Waals surface area contributed by atoms with Crippen LogP contribution < -0.4 is 5.73 Å². The van der Waals surface area contributed by atoms with Gasteiger partial charge in [-0.1, -0.05) is 13.3 Å². The second-order valence-electron chi connectivity index (χ2n) is 1.94. The van der Waals surface area contributed by atoms with Crippen molar-refractivity contribution in [3.8, 4) is 0 Å². The lowest BCUT2D eigenvalue weighted by molar-refractivity contribution is -0.146. The molecular formula is C6H13NO2. The summed E-state index contributed by atoms with van der Waals surface area (Å²) in [6.45, 7) is 3.35. The summed E-state index contributed by atoms with van der Waals surface area (Å²) in [6.07, 6.45) is 1.26. The Hall–Kier alpha value is -0.570. The Morgan fingerprint density at radius 1 is 1.78 bits per heavy atom. The van der Waals surface area contributed by atoms with E-state index in [-0.39, 0.29) is 5.97 Å². The van der Waals surface area contributed by atoms with E-state index in [4.69, 9.17) is 5.73 Å². The normalized spacial score (nSPS) is 12.8. The summed E-state index contributed by atoms with van der Waals surface area (Å²) < 4.78 is 4.63. The van der Waals surface area contributed by atoms with Crippen LogP contribution in [0.3, 0.4) is 0 Å². The Morgan fingerprint density at radius 2 is 2.33 bits per heavy atom. The molecule has 0 radical (unpaired) electrons. The molecule has 0 aliphatic rings. The minimum absolute atomic E-state index is 0.309. The zero-order chi connectivity index (χ0) is 7.28. The number of hydrogen-bond acceptors (Lipinski definition) is 3. The first-order valence-electron chi connectivity index (χ1n) is 3.09. The van der Waals surface area contributed by atoms with Crippen LogP contribution in [-0.4, -0.2) is 12.2 Å². The molecule has 0 saturated carbocycles. The topological polar surface area (TPSA) is 52.3 Å². The molecule has 0 aliphatic heterocycles. The van der Waals surface area contributed by atoms with Gasteiger partial charge in [0.2, 0.25) is 0 Å². The van der Waals surface area contributed by atoms with Crippen molar-refractivity contribution >= 4 is 5.97 Å². The SMILES string of the molecule is CCCC(N)OC(C)=O. The highest BCUT2D eigenvalue weighted by Gasteiger charge is 2.01. The van der Waals surface area contributed by atoms with Gasteiger partial charge in [0.1, 0.15) is 0 Å². The summed E-state index contributed by atoms with van der Waals surface area (Å²) >= 11 is 0. The van der Waals surface area contributed by atoms with E-state index in [0.29, 0.717) is 0 Å². The summed E-state index contributed by atoms with van der Waals surface area (Å²) in [5.41, 5.74) is 5.34. The van der Waals surface area contributed by atoms with Crippen molar-refractivity contribution in [2.24, 2.45) is 5.73 Å². The monoisotopic (exact) mass is 131 g/mol. The molecule has 0 rings (SSSR count). The number of rotatable bonds is 3. The fraction of sp³-hybridized carbons (Fsp3) is 0.833. The summed E-state index contributed by atoms with van der Waals surface area (Å²) in [5, 5.41) is 0. The minimum Gasteiger partial charge on any atom is -0.447 e. The molecule has 0 spiro atoms. The largest absolute Gasteiger partial charge is 0.447 e. The van der Waals surface area contributed by atoms with Gasteiger partial charge in [-0.3, -0.25) is 10.5 Å². The highest BCUT2D eigenvalue weighted by atomic mass is 16.5. The molecule has 0 aromatic heterocycles. The van der Waals surface area contributed by atoms with E-state index in [0.717, 1.165) is 12.8 Å². The molecule has 0 heterocycles. The summed E-state index contributed by atoms with van der Waals surface area (Å²) in [7, 11) is 0. The Balaban J connectivity index is 3.26. The van der Waals surface area contributed by atoms with Crippen LogP contribution in [0.4, 0.5) is 0 Å². The molecule has 1 atom stereocenters. The average Bonchev–Trinajstić information content (AvgIpc) is 1.63. The van der Waals surface area contributed by atoms with Crippen LogP contribution in [0.2, 0.25) is 0 Å². The predicted octanol–water partition coefficient (Wildman–Crippen LogP) is 0.634. The lowest BCUT2D eigenvalue weighted by Gasteiger charge is -2.08. The van der Waals surface area contributed by atoms with Gasteiger partial charge in [0.05, 0.1) is 0 Å². The smallest absolute Gasteiger partial charge is 0.304 e. The number of nitrogens with two attached hydrogens (primary N) is 1. The van der Waals surface area contributed by atoms with Gasteiger partial charge >= 0.3 is 5.97 Å². The first-order valence-corrected chi connectivity index (χ1v) is 3.09. The van der Waals surface area contributed by atoms with Gasteiger partial charge in [-0.2, -0.15) is 0 Å². The predicted molar refractivity (Wildman–Crippen MR) is 34.6 cm³/mol. The van der Waals surface area contributed by atoms with Crippen LogP contribution in [-0.2, 0) is 9.53 Å². The van der Waals surface area contributed by atoms with Crippen molar-refractivity contribution in [1.82, 2.24) is 0 Å². The van der Waals surface area contributed by atoms with E-state index in [1.807, 2.05) is 6.92 Å². The first-order chi connectivity index (χ1) is 4.16. The molecule has 1 unspecified atom stereocenters. The van der Waals surface area contributed by atoms with Crippen molar-refractivity contribution in [2.45, 2.75) is 32.9 Å². The molecule has 0 aliphatic carbocycles. The van der Waals surface area contributed by atoms with E-state index in [1.165, 1.54) is 6.92 Å². The third-order valence-electron chi connectivity index (χ3n) is 0.891. The minimum atomic E-state index is -0.410. The maximum atomic E-state index is 10.2. The Kier molecular flexibility index (Phi) is 4.05. The molecule has 3 heteroatoms. The maximum Gasteiger partial charge on any atom is 0.304 e. The van der Waals surface area contributed by atoms with E-state index in [1.54, 1.807) is 0 Å². The van der Waals surface area contributed by atoms with Crippen molar-refractivity contribution in [3.05, 3.63) is 0 Å². The molecule has 9 heavy (non-hydrogen) atoms. The van der Waals surface area contributed by atoms with Gasteiger partial charge in [0, 0.05) is 6.92 Å². The number of carbonyl (C=O) groups excluding carboxylic acids is 1. The zero-order valence-corrected chi connectivity index (χ0v) is 5.89. The standard InChI is InChI=1S/C6H13NO2/c1-3-4-6(7)9-5(2)8/h6H,3-4,7H2,1-2H3. The van der Waals surface area contributed by atoms with Gasteiger partial charge in [-0.05, 0) is 6.42 Å². The van der Waals surface area contributed by atoms with Crippen molar-refractivity contribution in [2.75, 3.05) is 0 Å². The third kappa shape index (κ3) is 5.30. The fourth-order valence-corrected chi connectivity index (χ4v) is 0.557. The van der Waals surface area contributed by atoms with Gasteiger partial charge in [-0.15, -0.1) is 0 Å². The van der Waals surface area contributed by atoms with Crippen LogP contribution in [0.5, 0.6) is 0 Å². The highest BCUT2D eigenvalue weighted by molar-refractivity contribution is 5.66. The Morgan fingerprint density at radius 3 is 2.67 bits per heavy atom. The molecule has 3 nitrogen and oxygen atoms in total. The van der Waals surface area contributed by atoms with Crippen LogP contribution in [0.25, 0.3) is 0 Å². The van der Waals surface area contributed by atoms with Crippen molar-refractivity contribution < 1.29 is 9.53 Å². The number of ether oxygens (including phenoxy) is 1. The summed E-state index contributed by atoms with van der Waals surface area (Å²) in [5.74, 6) is -0.309. The maximum absolute atomic E-state index is 10.2.